The summed E-state index contributed by atoms with van der Waals surface area (Å²) in [6, 6.07) is 6.25. The highest BCUT2D eigenvalue weighted by Crippen LogP contribution is 2.43. The van der Waals surface area contributed by atoms with E-state index >= 15 is 0 Å². The Morgan fingerprint density at radius 2 is 2.04 bits per heavy atom. The van der Waals surface area contributed by atoms with E-state index in [1.807, 2.05) is 6.08 Å². The molecule has 0 saturated carbocycles. The Labute approximate surface area is 152 Å². The van der Waals surface area contributed by atoms with Crippen LogP contribution in [0.5, 0.6) is 0 Å². The van der Waals surface area contributed by atoms with Crippen molar-refractivity contribution in [2.75, 3.05) is 0 Å². The highest BCUT2D eigenvalue weighted by Gasteiger charge is 2.27. The molecule has 0 spiro atoms. The van der Waals surface area contributed by atoms with Crippen molar-refractivity contribution < 1.29 is 9.59 Å². The molecule has 6 rings (SSSR count). The highest BCUT2D eigenvalue weighted by atomic mass is 32.2. The first-order valence-corrected chi connectivity index (χ1v) is 10.2. The largest absolute Gasteiger partial charge is 0.302 e. The van der Waals surface area contributed by atoms with Crippen molar-refractivity contribution in [1.82, 2.24) is 4.57 Å². The fraction of sp³-hybridized carbons (Fsp3) is 0.0556. The van der Waals surface area contributed by atoms with Gasteiger partial charge in [-0.25, -0.2) is 4.99 Å². The van der Waals surface area contributed by atoms with E-state index < -0.39 is 0 Å². The van der Waals surface area contributed by atoms with Gasteiger partial charge in [0.25, 0.3) is 0 Å². The van der Waals surface area contributed by atoms with Crippen LogP contribution < -0.4 is 10.6 Å². The number of aromatic nitrogens is 1. The summed E-state index contributed by atoms with van der Waals surface area (Å²) in [5.41, 5.74) is 2.71. The lowest BCUT2D eigenvalue weighted by Crippen LogP contribution is -2.25. The summed E-state index contributed by atoms with van der Waals surface area (Å²) in [7, 11) is 0. The van der Waals surface area contributed by atoms with Gasteiger partial charge in [-0.3, -0.25) is 9.36 Å². The Kier molecular flexibility index (Phi) is 2.63. The van der Waals surface area contributed by atoms with Gasteiger partial charge in [-0.2, -0.15) is 0 Å². The SMILES string of the molecule is O=CC1C=C2N=c3c(ccc4c5sc6ccsc6c5n(C=O)c34)=C2S1. The topological polar surface area (TPSA) is 51.4 Å². The maximum atomic E-state index is 12.0. The van der Waals surface area contributed by atoms with E-state index in [9.17, 15) is 9.59 Å². The third kappa shape index (κ3) is 1.61. The number of fused-ring (bicyclic) bond motifs is 8. The summed E-state index contributed by atoms with van der Waals surface area (Å²) in [6.07, 6.45) is 3.72. The van der Waals surface area contributed by atoms with Crippen LogP contribution in [0.3, 0.4) is 0 Å². The summed E-state index contributed by atoms with van der Waals surface area (Å²) in [5.74, 6) is 0. The van der Waals surface area contributed by atoms with Crippen molar-refractivity contribution >= 4 is 82.6 Å². The van der Waals surface area contributed by atoms with Crippen molar-refractivity contribution in [3.8, 4) is 0 Å². The zero-order valence-electron chi connectivity index (χ0n) is 12.6. The lowest BCUT2D eigenvalue weighted by molar-refractivity contribution is -0.106. The van der Waals surface area contributed by atoms with Crippen LogP contribution in [0.15, 0.2) is 40.3 Å². The first-order valence-electron chi connectivity index (χ1n) is 7.65. The number of hydrogen-bond acceptors (Lipinski definition) is 6. The first kappa shape index (κ1) is 14.0. The second-order valence-corrected chi connectivity index (χ2v) is 9.10. The number of aldehydes is 1. The zero-order valence-corrected chi connectivity index (χ0v) is 15.0. The lowest BCUT2D eigenvalue weighted by Gasteiger charge is -1.98. The summed E-state index contributed by atoms with van der Waals surface area (Å²) in [6.45, 7) is 0. The molecule has 4 nitrogen and oxygen atoms in total. The van der Waals surface area contributed by atoms with Crippen LogP contribution >= 0.6 is 34.4 Å². The second-order valence-electron chi connectivity index (χ2n) is 5.94. The Balaban J connectivity index is 1.85. The number of carbonyl (C=O) groups excluding carboxylic acids is 2. The number of thioether (sulfide) groups is 1. The second kappa shape index (κ2) is 4.69. The van der Waals surface area contributed by atoms with E-state index in [1.165, 1.54) is 16.5 Å². The minimum atomic E-state index is -0.162. The predicted octanol–water partition coefficient (Wildman–Crippen LogP) is 3.05. The third-order valence-corrected chi connectivity index (χ3v) is 8.09. The van der Waals surface area contributed by atoms with Crippen molar-refractivity contribution in [3.63, 3.8) is 0 Å². The van der Waals surface area contributed by atoms with E-state index in [4.69, 9.17) is 4.99 Å². The normalized spacial score (nSPS) is 18.6. The molecule has 0 fully saturated rings. The van der Waals surface area contributed by atoms with Gasteiger partial charge in [0.15, 0.2) is 0 Å². The van der Waals surface area contributed by atoms with Crippen LogP contribution in [-0.4, -0.2) is 22.5 Å². The fourth-order valence-electron chi connectivity index (χ4n) is 3.67. The van der Waals surface area contributed by atoms with Gasteiger partial charge < -0.3 is 4.79 Å². The molecule has 0 aliphatic carbocycles. The molecule has 0 N–H and O–H groups in total. The smallest absolute Gasteiger partial charge is 0.218 e. The number of thiophene rings is 2. The van der Waals surface area contributed by atoms with E-state index in [1.54, 1.807) is 27.2 Å². The van der Waals surface area contributed by atoms with Crippen LogP contribution in [0, 0.1) is 0 Å². The minimum absolute atomic E-state index is 0.162. The summed E-state index contributed by atoms with van der Waals surface area (Å²) >= 11 is 4.91. The lowest BCUT2D eigenvalue weighted by atomic mass is 10.2. The average Bonchev–Trinajstić information content (AvgIpc) is 3.37. The summed E-state index contributed by atoms with van der Waals surface area (Å²) in [5, 5.41) is 4.82. The van der Waals surface area contributed by atoms with Crippen LogP contribution in [0.25, 0.3) is 35.4 Å². The van der Waals surface area contributed by atoms with Gasteiger partial charge in [0.1, 0.15) is 6.29 Å². The predicted molar refractivity (Wildman–Crippen MR) is 105 cm³/mol. The van der Waals surface area contributed by atoms with Crippen molar-refractivity contribution in [1.29, 1.82) is 0 Å². The minimum Gasteiger partial charge on any atom is -0.302 e. The first-order chi connectivity index (χ1) is 12.3. The molecule has 0 amide bonds. The van der Waals surface area contributed by atoms with E-state index in [-0.39, 0.29) is 5.25 Å². The van der Waals surface area contributed by atoms with Gasteiger partial charge in [-0.15, -0.1) is 34.4 Å². The van der Waals surface area contributed by atoms with Crippen molar-refractivity contribution in [2.45, 2.75) is 5.25 Å². The third-order valence-electron chi connectivity index (χ3n) is 4.67. The van der Waals surface area contributed by atoms with Crippen LogP contribution in [0.4, 0.5) is 0 Å². The molecule has 0 saturated heterocycles. The molecular formula is C18H8N2O2S3. The highest BCUT2D eigenvalue weighted by molar-refractivity contribution is 8.09. The summed E-state index contributed by atoms with van der Waals surface area (Å²) in [4.78, 5) is 28.8. The molecule has 2 aliphatic heterocycles. The van der Waals surface area contributed by atoms with E-state index in [2.05, 4.69) is 23.6 Å². The van der Waals surface area contributed by atoms with Gasteiger partial charge in [0.2, 0.25) is 6.41 Å². The van der Waals surface area contributed by atoms with Crippen LogP contribution in [0.1, 0.15) is 0 Å². The van der Waals surface area contributed by atoms with Crippen molar-refractivity contribution in [2.24, 2.45) is 4.99 Å². The van der Waals surface area contributed by atoms with Gasteiger partial charge in [0, 0.05) is 20.2 Å². The van der Waals surface area contributed by atoms with Gasteiger partial charge >= 0.3 is 0 Å². The Bertz CT molecular complexity index is 1420. The van der Waals surface area contributed by atoms with Gasteiger partial charge in [-0.1, -0.05) is 12.1 Å². The van der Waals surface area contributed by atoms with E-state index in [0.717, 1.165) is 59.7 Å². The maximum Gasteiger partial charge on any atom is 0.218 e. The van der Waals surface area contributed by atoms with Crippen LogP contribution in [-0.2, 0) is 9.59 Å². The quantitative estimate of drug-likeness (QED) is 0.502. The molecule has 4 aromatic rings. The Hall–Kier alpha value is -2.22. The monoisotopic (exact) mass is 380 g/mol. The molecule has 0 bridgehead atoms. The number of nitrogens with zero attached hydrogens (tertiary/aromatic N) is 2. The van der Waals surface area contributed by atoms with Crippen LogP contribution in [0.2, 0.25) is 0 Å². The molecule has 1 unspecified atom stereocenters. The molecule has 7 heteroatoms. The Morgan fingerprint density at radius 1 is 1.12 bits per heavy atom. The molecule has 5 heterocycles. The molecule has 1 atom stereocenters. The fourth-order valence-corrected chi connectivity index (χ4v) is 7.10. The molecule has 1 aromatic carbocycles. The maximum absolute atomic E-state index is 12.0. The van der Waals surface area contributed by atoms with Crippen molar-refractivity contribution in [3.05, 3.63) is 45.9 Å². The number of carbonyl (C=O) groups is 2. The molecular weight excluding hydrogens is 372 g/mol. The molecule has 3 aromatic heterocycles. The molecule has 2 aliphatic rings. The number of benzene rings is 1. The number of rotatable bonds is 2. The van der Waals surface area contributed by atoms with E-state index in [0.29, 0.717) is 0 Å². The molecule has 120 valence electrons. The Morgan fingerprint density at radius 3 is 2.88 bits per heavy atom. The van der Waals surface area contributed by atoms with Gasteiger partial charge in [0.05, 0.1) is 36.7 Å². The summed E-state index contributed by atoms with van der Waals surface area (Å²) < 4.78 is 5.24. The molecule has 0 radical (unpaired) electrons. The number of hydrogen-bond donors (Lipinski definition) is 0. The molecule has 25 heavy (non-hydrogen) atoms. The standard InChI is InChI=1S/C18H8N2O2S3/c21-6-8-5-11-16(24-8)9-1-2-10-14(13(9)19-11)20(7-22)15-17(10)25-12-3-4-23-18(12)15/h1-8H. The van der Waals surface area contributed by atoms with Gasteiger partial charge in [-0.05, 0) is 17.5 Å². The zero-order chi connectivity index (χ0) is 16.7. The average molecular weight is 380 g/mol.